The molecule has 1 unspecified atom stereocenters. The summed E-state index contributed by atoms with van der Waals surface area (Å²) >= 11 is 3.52. The predicted octanol–water partition coefficient (Wildman–Crippen LogP) is 3.01. The van der Waals surface area contributed by atoms with Crippen LogP contribution in [0.1, 0.15) is 12.5 Å². The molecule has 2 nitrogen and oxygen atoms in total. The number of nitrogens with zero attached hydrogens (tertiary/aromatic N) is 1. The monoisotopic (exact) mass is 254 g/mol. The second-order valence-corrected chi connectivity index (χ2v) is 4.88. The summed E-state index contributed by atoms with van der Waals surface area (Å²) < 4.78 is 1.14. The van der Waals surface area contributed by atoms with Crippen molar-refractivity contribution in [1.82, 2.24) is 0 Å². The summed E-state index contributed by atoms with van der Waals surface area (Å²) in [5.41, 5.74) is 3.88. The van der Waals surface area contributed by atoms with Crippen LogP contribution in [0, 0.1) is 6.92 Å². The van der Waals surface area contributed by atoms with Gasteiger partial charge in [0.25, 0.3) is 0 Å². The summed E-state index contributed by atoms with van der Waals surface area (Å²) in [6.45, 7) is 5.40. The molecule has 1 aromatic rings. The number of benzene rings is 1. The maximum absolute atomic E-state index is 3.52. The first-order chi connectivity index (χ1) is 6.59. The van der Waals surface area contributed by atoms with E-state index in [-0.39, 0.29) is 0 Å². The Morgan fingerprint density at radius 2 is 2.21 bits per heavy atom. The van der Waals surface area contributed by atoms with E-state index in [1.54, 1.807) is 0 Å². The topological polar surface area (TPSA) is 15.3 Å². The molecule has 1 aromatic carbocycles. The van der Waals surface area contributed by atoms with Crippen molar-refractivity contribution in [3.63, 3.8) is 0 Å². The Morgan fingerprint density at radius 3 is 2.93 bits per heavy atom. The molecular formula is C11H15BrN2. The third-order valence-electron chi connectivity index (χ3n) is 2.87. The van der Waals surface area contributed by atoms with E-state index in [1.165, 1.54) is 16.9 Å². The van der Waals surface area contributed by atoms with E-state index in [9.17, 15) is 0 Å². The van der Waals surface area contributed by atoms with Crippen LogP contribution in [-0.2, 0) is 0 Å². The van der Waals surface area contributed by atoms with Gasteiger partial charge in [0.05, 0.1) is 11.4 Å². The molecule has 0 saturated carbocycles. The minimum absolute atomic E-state index is 0.558. The Labute approximate surface area is 93.4 Å². The number of rotatable bonds is 0. The highest BCUT2D eigenvalue weighted by molar-refractivity contribution is 9.10. The van der Waals surface area contributed by atoms with Crippen molar-refractivity contribution >= 4 is 27.3 Å². The maximum Gasteiger partial charge on any atom is 0.0632 e. The van der Waals surface area contributed by atoms with Crippen molar-refractivity contribution < 1.29 is 0 Å². The smallest absolute Gasteiger partial charge is 0.0632 e. The van der Waals surface area contributed by atoms with E-state index in [0.29, 0.717) is 6.04 Å². The highest BCUT2D eigenvalue weighted by Crippen LogP contribution is 2.36. The van der Waals surface area contributed by atoms with E-state index in [0.717, 1.165) is 11.0 Å². The Morgan fingerprint density at radius 1 is 1.50 bits per heavy atom. The maximum atomic E-state index is 3.52. The van der Waals surface area contributed by atoms with Gasteiger partial charge in [0.2, 0.25) is 0 Å². The standard InChI is InChI=1S/C11H15BrN2/c1-7-4-9(12)5-10-11(7)14(3)8(2)6-13-10/h4-5,8,13H,6H2,1-3H3. The van der Waals surface area contributed by atoms with Crippen molar-refractivity contribution in [2.45, 2.75) is 19.9 Å². The zero-order chi connectivity index (χ0) is 10.3. The lowest BCUT2D eigenvalue weighted by Gasteiger charge is -2.36. The molecule has 1 heterocycles. The van der Waals surface area contributed by atoms with Gasteiger partial charge in [0, 0.05) is 24.1 Å². The number of hydrogen-bond donors (Lipinski definition) is 1. The molecule has 0 fully saturated rings. The van der Waals surface area contributed by atoms with E-state index in [4.69, 9.17) is 0 Å². The summed E-state index contributed by atoms with van der Waals surface area (Å²) in [6.07, 6.45) is 0. The van der Waals surface area contributed by atoms with Gasteiger partial charge >= 0.3 is 0 Å². The van der Waals surface area contributed by atoms with Crippen molar-refractivity contribution in [2.75, 3.05) is 23.8 Å². The molecule has 0 aromatic heterocycles. The Balaban J connectivity index is 2.54. The molecule has 0 bridgehead atoms. The summed E-state index contributed by atoms with van der Waals surface area (Å²) in [5, 5.41) is 3.45. The van der Waals surface area contributed by atoms with Crippen molar-refractivity contribution in [3.8, 4) is 0 Å². The van der Waals surface area contributed by atoms with Gasteiger partial charge in [-0.15, -0.1) is 0 Å². The van der Waals surface area contributed by atoms with Crippen LogP contribution < -0.4 is 10.2 Å². The number of halogens is 1. The fourth-order valence-corrected chi connectivity index (χ4v) is 2.53. The van der Waals surface area contributed by atoms with Crippen LogP contribution in [0.2, 0.25) is 0 Å². The zero-order valence-corrected chi connectivity index (χ0v) is 10.4. The summed E-state index contributed by atoms with van der Waals surface area (Å²) in [6, 6.07) is 4.86. The minimum atomic E-state index is 0.558. The SMILES string of the molecule is Cc1cc(Br)cc2c1N(C)C(C)CN2. The quantitative estimate of drug-likeness (QED) is 0.766. The average molecular weight is 255 g/mol. The van der Waals surface area contributed by atoms with Crippen LogP contribution in [0.15, 0.2) is 16.6 Å². The van der Waals surface area contributed by atoms with Crippen LogP contribution >= 0.6 is 15.9 Å². The zero-order valence-electron chi connectivity index (χ0n) is 8.76. The number of fused-ring (bicyclic) bond motifs is 1. The molecule has 2 rings (SSSR count). The summed E-state index contributed by atoms with van der Waals surface area (Å²) in [5.74, 6) is 0. The fraction of sp³-hybridized carbons (Fsp3) is 0.455. The van der Waals surface area contributed by atoms with Gasteiger partial charge in [-0.25, -0.2) is 0 Å². The number of hydrogen-bond acceptors (Lipinski definition) is 2. The van der Waals surface area contributed by atoms with Gasteiger partial charge in [-0.2, -0.15) is 0 Å². The molecular weight excluding hydrogens is 240 g/mol. The second-order valence-electron chi connectivity index (χ2n) is 3.96. The average Bonchev–Trinajstić information content (AvgIpc) is 2.10. The van der Waals surface area contributed by atoms with Crippen LogP contribution in [0.4, 0.5) is 11.4 Å². The molecule has 1 aliphatic heterocycles. The Bertz CT molecular complexity index is 363. The minimum Gasteiger partial charge on any atom is -0.381 e. The number of nitrogens with one attached hydrogen (secondary N) is 1. The van der Waals surface area contributed by atoms with E-state index < -0.39 is 0 Å². The van der Waals surface area contributed by atoms with Crippen molar-refractivity contribution in [3.05, 3.63) is 22.2 Å². The van der Waals surface area contributed by atoms with Gasteiger partial charge in [0.15, 0.2) is 0 Å². The van der Waals surface area contributed by atoms with Crippen LogP contribution in [0.5, 0.6) is 0 Å². The second kappa shape index (κ2) is 3.46. The number of likely N-dealkylation sites (N-methyl/N-ethyl adjacent to an activating group) is 1. The van der Waals surface area contributed by atoms with Gasteiger partial charge < -0.3 is 10.2 Å². The molecule has 0 radical (unpaired) electrons. The molecule has 76 valence electrons. The molecule has 0 aliphatic carbocycles. The van der Waals surface area contributed by atoms with Crippen LogP contribution in [0.25, 0.3) is 0 Å². The van der Waals surface area contributed by atoms with Gasteiger partial charge in [0.1, 0.15) is 0 Å². The fourth-order valence-electron chi connectivity index (χ4n) is 1.95. The van der Waals surface area contributed by atoms with E-state index in [1.807, 2.05) is 0 Å². The lowest BCUT2D eigenvalue weighted by Crippen LogP contribution is -2.39. The molecule has 0 saturated heterocycles. The largest absolute Gasteiger partial charge is 0.381 e. The Hall–Kier alpha value is -0.700. The summed E-state index contributed by atoms with van der Waals surface area (Å²) in [4.78, 5) is 2.34. The third-order valence-corrected chi connectivity index (χ3v) is 3.32. The van der Waals surface area contributed by atoms with Gasteiger partial charge in [-0.3, -0.25) is 0 Å². The van der Waals surface area contributed by atoms with Gasteiger partial charge in [-0.05, 0) is 31.5 Å². The molecule has 1 N–H and O–H groups in total. The number of anilines is 2. The van der Waals surface area contributed by atoms with E-state index >= 15 is 0 Å². The normalized spacial score (nSPS) is 20.3. The van der Waals surface area contributed by atoms with Crippen molar-refractivity contribution in [1.29, 1.82) is 0 Å². The molecule has 1 aliphatic rings. The molecule has 14 heavy (non-hydrogen) atoms. The van der Waals surface area contributed by atoms with E-state index in [2.05, 4.69) is 59.2 Å². The third kappa shape index (κ3) is 1.50. The van der Waals surface area contributed by atoms with Crippen LogP contribution in [0.3, 0.4) is 0 Å². The molecule has 0 spiro atoms. The first-order valence-corrected chi connectivity index (χ1v) is 5.65. The molecule has 1 atom stereocenters. The highest BCUT2D eigenvalue weighted by atomic mass is 79.9. The Kier molecular flexibility index (Phi) is 2.43. The number of aryl methyl sites for hydroxylation is 1. The summed E-state index contributed by atoms with van der Waals surface area (Å²) in [7, 11) is 2.16. The highest BCUT2D eigenvalue weighted by Gasteiger charge is 2.21. The lowest BCUT2D eigenvalue weighted by molar-refractivity contribution is 0.697. The molecule has 0 amide bonds. The van der Waals surface area contributed by atoms with Crippen molar-refractivity contribution in [2.24, 2.45) is 0 Å². The molecule has 3 heteroatoms. The van der Waals surface area contributed by atoms with Crippen LogP contribution in [-0.4, -0.2) is 19.6 Å². The first-order valence-electron chi connectivity index (χ1n) is 4.86. The lowest BCUT2D eigenvalue weighted by atomic mass is 10.1. The van der Waals surface area contributed by atoms with Gasteiger partial charge in [-0.1, -0.05) is 15.9 Å². The predicted molar refractivity (Wildman–Crippen MR) is 65.2 cm³/mol. The first kappa shape index (κ1) is 9.84.